The molecule has 3 aromatic rings. The predicted molar refractivity (Wildman–Crippen MR) is 138 cm³/mol. The lowest BCUT2D eigenvalue weighted by Crippen LogP contribution is -2.45. The van der Waals surface area contributed by atoms with E-state index in [1.807, 2.05) is 12.1 Å². The summed E-state index contributed by atoms with van der Waals surface area (Å²) >= 11 is 0. The van der Waals surface area contributed by atoms with Crippen LogP contribution >= 0.6 is 0 Å². The smallest absolute Gasteiger partial charge is 0.128 e. The normalized spacial score (nSPS) is 24.1. The molecule has 1 spiro atoms. The van der Waals surface area contributed by atoms with Gasteiger partial charge in [0.05, 0.1) is 0 Å². The highest BCUT2D eigenvalue weighted by Crippen LogP contribution is 2.47. The molecule has 3 heterocycles. The van der Waals surface area contributed by atoms with Crippen LogP contribution in [0.5, 0.6) is 5.75 Å². The summed E-state index contributed by atoms with van der Waals surface area (Å²) in [5.74, 6) is 2.15. The van der Waals surface area contributed by atoms with Gasteiger partial charge in [-0.05, 0) is 103 Å². The van der Waals surface area contributed by atoms with Crippen molar-refractivity contribution in [3.05, 3.63) is 89.1 Å². The van der Waals surface area contributed by atoms with Crippen molar-refractivity contribution >= 4 is 5.82 Å². The molecule has 2 aromatic carbocycles. The fourth-order valence-electron chi connectivity index (χ4n) is 6.71. The fraction of sp³-hybridized carbons (Fsp3) is 0.433. The third-order valence-corrected chi connectivity index (χ3v) is 8.76. The zero-order valence-electron chi connectivity index (χ0n) is 19.9. The van der Waals surface area contributed by atoms with Crippen molar-refractivity contribution in [2.45, 2.75) is 50.4 Å². The minimum absolute atomic E-state index is 0.257. The van der Waals surface area contributed by atoms with Crippen molar-refractivity contribution in [1.82, 2.24) is 10.3 Å². The SMILES string of the molecule is Oc1ccc2c(c1)CCC(c1ccccc1)C2c1ccc(N2CCC3(CCNCC3)CC2)nc1. The van der Waals surface area contributed by atoms with Crippen molar-refractivity contribution in [3.8, 4) is 5.75 Å². The number of pyridine rings is 1. The van der Waals surface area contributed by atoms with Crippen LogP contribution in [0, 0.1) is 5.41 Å². The highest BCUT2D eigenvalue weighted by molar-refractivity contribution is 5.49. The molecule has 2 N–H and O–H groups in total. The second-order valence-corrected chi connectivity index (χ2v) is 10.6. The Morgan fingerprint density at radius 2 is 1.68 bits per heavy atom. The summed E-state index contributed by atoms with van der Waals surface area (Å²) in [5, 5.41) is 13.6. The monoisotopic (exact) mass is 453 g/mol. The van der Waals surface area contributed by atoms with Gasteiger partial charge >= 0.3 is 0 Å². The molecule has 176 valence electrons. The van der Waals surface area contributed by atoms with Crippen LogP contribution in [-0.2, 0) is 6.42 Å². The first kappa shape index (κ1) is 21.7. The second kappa shape index (κ2) is 9.07. The van der Waals surface area contributed by atoms with Crippen LogP contribution in [0.3, 0.4) is 0 Å². The van der Waals surface area contributed by atoms with Gasteiger partial charge in [0.15, 0.2) is 0 Å². The van der Waals surface area contributed by atoms with Crippen molar-refractivity contribution in [1.29, 1.82) is 0 Å². The number of aromatic nitrogens is 1. The number of aromatic hydroxyl groups is 1. The number of fused-ring (bicyclic) bond motifs is 1. The summed E-state index contributed by atoms with van der Waals surface area (Å²) in [6.07, 6.45) is 9.41. The molecular formula is C30H35N3O. The maximum absolute atomic E-state index is 10.1. The molecule has 0 saturated carbocycles. The lowest BCUT2D eigenvalue weighted by molar-refractivity contribution is 0.154. The molecule has 2 atom stereocenters. The second-order valence-electron chi connectivity index (χ2n) is 10.6. The molecule has 1 aliphatic carbocycles. The molecular weight excluding hydrogens is 418 g/mol. The van der Waals surface area contributed by atoms with Gasteiger partial charge in [-0.3, -0.25) is 0 Å². The zero-order chi connectivity index (χ0) is 23.0. The van der Waals surface area contributed by atoms with Gasteiger partial charge in [-0.25, -0.2) is 4.98 Å². The Balaban J connectivity index is 1.27. The van der Waals surface area contributed by atoms with E-state index in [0.717, 1.165) is 31.7 Å². The molecule has 3 aliphatic rings. The zero-order valence-corrected chi connectivity index (χ0v) is 19.9. The van der Waals surface area contributed by atoms with Gasteiger partial charge in [0.25, 0.3) is 0 Å². The van der Waals surface area contributed by atoms with Gasteiger partial charge in [0.1, 0.15) is 11.6 Å². The van der Waals surface area contributed by atoms with Gasteiger partial charge in [-0.2, -0.15) is 0 Å². The largest absolute Gasteiger partial charge is 0.508 e. The number of aryl methyl sites for hydroxylation is 1. The fourth-order valence-corrected chi connectivity index (χ4v) is 6.71. The summed E-state index contributed by atoms with van der Waals surface area (Å²) in [4.78, 5) is 7.48. The van der Waals surface area contributed by atoms with Gasteiger partial charge in [0.2, 0.25) is 0 Å². The van der Waals surface area contributed by atoms with Crippen molar-refractivity contribution < 1.29 is 5.11 Å². The minimum atomic E-state index is 0.257. The highest BCUT2D eigenvalue weighted by atomic mass is 16.3. The van der Waals surface area contributed by atoms with E-state index in [2.05, 4.69) is 64.9 Å². The summed E-state index contributed by atoms with van der Waals surface area (Å²) in [5.41, 5.74) is 5.82. The third-order valence-electron chi connectivity index (χ3n) is 8.76. The Kier molecular flexibility index (Phi) is 5.78. The number of hydrogen-bond acceptors (Lipinski definition) is 4. The average Bonchev–Trinajstić information content (AvgIpc) is 2.89. The first-order valence-electron chi connectivity index (χ1n) is 13.0. The van der Waals surface area contributed by atoms with Crippen LogP contribution in [0.25, 0.3) is 0 Å². The topological polar surface area (TPSA) is 48.4 Å². The number of phenolic OH excluding ortho intramolecular Hbond substituents is 1. The molecule has 4 heteroatoms. The van der Waals surface area contributed by atoms with Crippen LogP contribution in [0.4, 0.5) is 5.82 Å². The standard InChI is InChI=1S/C30H35N3O/c34-25-8-10-27-23(20-25)6-9-26(22-4-2-1-3-5-22)29(27)24-7-11-28(32-21-24)33-18-14-30(15-19-33)12-16-31-17-13-30/h1-5,7-8,10-11,20-21,26,29,31,34H,6,9,12-19H2. The number of nitrogens with one attached hydrogen (secondary N) is 1. The molecule has 34 heavy (non-hydrogen) atoms. The van der Waals surface area contributed by atoms with E-state index in [-0.39, 0.29) is 5.92 Å². The van der Waals surface area contributed by atoms with E-state index in [1.165, 1.54) is 61.0 Å². The van der Waals surface area contributed by atoms with E-state index in [0.29, 0.717) is 17.1 Å². The van der Waals surface area contributed by atoms with Crippen LogP contribution in [0.1, 0.15) is 66.2 Å². The molecule has 0 amide bonds. The van der Waals surface area contributed by atoms with Gasteiger partial charge in [0, 0.05) is 25.2 Å². The molecule has 0 bridgehead atoms. The summed E-state index contributed by atoms with van der Waals surface area (Å²) in [6, 6.07) is 21.4. The molecule has 0 radical (unpaired) electrons. The molecule has 2 unspecified atom stereocenters. The number of rotatable bonds is 3. The average molecular weight is 454 g/mol. The third kappa shape index (κ3) is 4.09. The molecule has 6 rings (SSSR count). The Labute approximate surface area is 203 Å². The van der Waals surface area contributed by atoms with Gasteiger partial charge in [-0.1, -0.05) is 42.5 Å². The van der Waals surface area contributed by atoms with Crippen LogP contribution in [0.15, 0.2) is 66.9 Å². The Hall–Kier alpha value is -2.85. The number of anilines is 1. The van der Waals surface area contributed by atoms with Crippen LogP contribution in [0.2, 0.25) is 0 Å². The molecule has 4 nitrogen and oxygen atoms in total. The first-order chi connectivity index (χ1) is 16.7. The maximum Gasteiger partial charge on any atom is 0.128 e. The van der Waals surface area contributed by atoms with Crippen LogP contribution < -0.4 is 10.2 Å². The van der Waals surface area contributed by atoms with E-state index < -0.39 is 0 Å². The maximum atomic E-state index is 10.1. The van der Waals surface area contributed by atoms with Gasteiger partial charge in [-0.15, -0.1) is 0 Å². The van der Waals surface area contributed by atoms with E-state index >= 15 is 0 Å². The lowest BCUT2D eigenvalue weighted by atomic mass is 9.69. The predicted octanol–water partition coefficient (Wildman–Crippen LogP) is 5.62. The molecule has 1 aromatic heterocycles. The number of piperidine rings is 2. The number of hydrogen-bond donors (Lipinski definition) is 2. The van der Waals surface area contributed by atoms with Crippen molar-refractivity contribution in [2.24, 2.45) is 5.41 Å². The molecule has 2 fully saturated rings. The molecule has 2 aliphatic heterocycles. The quantitative estimate of drug-likeness (QED) is 0.540. The summed E-state index contributed by atoms with van der Waals surface area (Å²) in [7, 11) is 0. The highest BCUT2D eigenvalue weighted by Gasteiger charge is 2.36. The number of phenols is 1. The Morgan fingerprint density at radius 3 is 2.41 bits per heavy atom. The summed E-state index contributed by atoms with van der Waals surface area (Å²) < 4.78 is 0. The first-order valence-corrected chi connectivity index (χ1v) is 13.0. The van der Waals surface area contributed by atoms with E-state index in [1.54, 1.807) is 0 Å². The van der Waals surface area contributed by atoms with Crippen molar-refractivity contribution in [2.75, 3.05) is 31.1 Å². The van der Waals surface area contributed by atoms with E-state index in [4.69, 9.17) is 4.98 Å². The van der Waals surface area contributed by atoms with Crippen molar-refractivity contribution in [3.63, 3.8) is 0 Å². The minimum Gasteiger partial charge on any atom is -0.508 e. The molecule has 2 saturated heterocycles. The lowest BCUT2D eigenvalue weighted by Gasteiger charge is -2.44. The summed E-state index contributed by atoms with van der Waals surface area (Å²) in [6.45, 7) is 4.58. The van der Waals surface area contributed by atoms with E-state index in [9.17, 15) is 5.11 Å². The van der Waals surface area contributed by atoms with Crippen LogP contribution in [-0.4, -0.2) is 36.3 Å². The van der Waals surface area contributed by atoms with Gasteiger partial charge < -0.3 is 15.3 Å². The Morgan fingerprint density at radius 1 is 0.882 bits per heavy atom. The number of nitrogens with zero attached hydrogens (tertiary/aromatic N) is 2. The number of benzene rings is 2. The Bertz CT molecular complexity index is 1110.